The molecule has 4 rings (SSSR count). The summed E-state index contributed by atoms with van der Waals surface area (Å²) in [5.41, 5.74) is 2.65. The predicted molar refractivity (Wildman–Crippen MR) is 131 cm³/mol. The topological polar surface area (TPSA) is 70.4 Å². The first-order chi connectivity index (χ1) is 15.9. The van der Waals surface area contributed by atoms with Crippen LogP contribution in [0.1, 0.15) is 22.8 Å². The van der Waals surface area contributed by atoms with Gasteiger partial charge in [0.05, 0.1) is 36.1 Å². The molecule has 4 aromatic rings. The molecule has 0 spiro atoms. The van der Waals surface area contributed by atoms with Crippen LogP contribution in [0.15, 0.2) is 76.7 Å². The third kappa shape index (κ3) is 4.50. The molecule has 6 nitrogen and oxygen atoms in total. The number of ketones is 1. The van der Waals surface area contributed by atoms with E-state index in [1.165, 1.54) is 16.3 Å². The second-order valence-electron chi connectivity index (χ2n) is 7.58. The fourth-order valence-corrected chi connectivity index (χ4v) is 4.55. The number of aryl methyl sites for hydroxylation is 1. The maximum absolute atomic E-state index is 13.5. The Morgan fingerprint density at radius 3 is 2.36 bits per heavy atom. The van der Waals surface area contributed by atoms with Crippen LogP contribution in [-0.2, 0) is 0 Å². The summed E-state index contributed by atoms with van der Waals surface area (Å²) in [4.78, 5) is 31.3. The lowest BCUT2D eigenvalue weighted by molar-refractivity contribution is 0.0994. The monoisotopic (exact) mass is 460 g/mol. The molecule has 168 valence electrons. The van der Waals surface area contributed by atoms with E-state index in [4.69, 9.17) is 14.5 Å². The van der Waals surface area contributed by atoms with Gasteiger partial charge in [-0.3, -0.25) is 14.2 Å². The molecule has 33 heavy (non-hydrogen) atoms. The standard InChI is InChI=1S/C26H24N2O4S/c1-16-9-11-18(12-10-16)24(29)17(2)33-26-27-21-8-6-5-7-20(21)25(30)28(26)19-13-14-22(31-3)23(15-19)32-4/h5-15,17H,1-4H3/t17-/m1/s1. The van der Waals surface area contributed by atoms with Crippen molar-refractivity contribution in [1.29, 1.82) is 0 Å². The fourth-order valence-electron chi connectivity index (χ4n) is 3.55. The number of aromatic nitrogens is 2. The number of rotatable bonds is 7. The molecule has 1 atom stereocenters. The minimum Gasteiger partial charge on any atom is -0.493 e. The molecule has 0 amide bonds. The summed E-state index contributed by atoms with van der Waals surface area (Å²) in [5.74, 6) is 1.02. The van der Waals surface area contributed by atoms with Crippen LogP contribution < -0.4 is 15.0 Å². The van der Waals surface area contributed by atoms with Crippen molar-refractivity contribution in [2.75, 3.05) is 14.2 Å². The molecule has 0 fully saturated rings. The van der Waals surface area contributed by atoms with Crippen LogP contribution in [0.5, 0.6) is 11.5 Å². The average Bonchev–Trinajstić information content (AvgIpc) is 2.84. The van der Waals surface area contributed by atoms with E-state index in [1.807, 2.05) is 44.2 Å². The van der Waals surface area contributed by atoms with Crippen LogP contribution in [0.4, 0.5) is 0 Å². The second kappa shape index (κ2) is 9.50. The van der Waals surface area contributed by atoms with E-state index in [9.17, 15) is 9.59 Å². The fraction of sp³-hybridized carbons (Fsp3) is 0.192. The van der Waals surface area contributed by atoms with Crippen molar-refractivity contribution in [1.82, 2.24) is 9.55 Å². The van der Waals surface area contributed by atoms with Crippen LogP contribution in [0.25, 0.3) is 16.6 Å². The molecule has 7 heteroatoms. The number of thioether (sulfide) groups is 1. The van der Waals surface area contributed by atoms with Gasteiger partial charge in [0.25, 0.3) is 5.56 Å². The first kappa shape index (κ1) is 22.6. The number of Topliss-reactive ketones (excluding diaryl/α,β-unsaturated/α-hetero) is 1. The van der Waals surface area contributed by atoms with Gasteiger partial charge in [0.2, 0.25) is 0 Å². The van der Waals surface area contributed by atoms with Crippen molar-refractivity contribution in [2.45, 2.75) is 24.3 Å². The molecule has 3 aromatic carbocycles. The summed E-state index contributed by atoms with van der Waals surface area (Å²) in [6.45, 7) is 3.81. The normalized spacial score (nSPS) is 11.9. The highest BCUT2D eigenvalue weighted by Gasteiger charge is 2.22. The molecular weight excluding hydrogens is 436 g/mol. The Hall–Kier alpha value is -3.58. The Kier molecular flexibility index (Phi) is 6.51. The van der Waals surface area contributed by atoms with Gasteiger partial charge in [-0.15, -0.1) is 0 Å². The van der Waals surface area contributed by atoms with E-state index >= 15 is 0 Å². The maximum atomic E-state index is 13.5. The number of benzene rings is 3. The number of hydrogen-bond acceptors (Lipinski definition) is 6. The summed E-state index contributed by atoms with van der Waals surface area (Å²) in [5, 5.41) is 0.472. The Bertz CT molecular complexity index is 1380. The quantitative estimate of drug-likeness (QED) is 0.218. The number of para-hydroxylation sites is 1. The van der Waals surface area contributed by atoms with Crippen molar-refractivity contribution in [3.8, 4) is 17.2 Å². The SMILES string of the molecule is COc1ccc(-n2c(S[C@H](C)C(=O)c3ccc(C)cc3)nc3ccccc3c2=O)cc1OC. The molecule has 0 bridgehead atoms. The highest BCUT2D eigenvalue weighted by molar-refractivity contribution is 8.00. The van der Waals surface area contributed by atoms with Gasteiger partial charge in [0.1, 0.15) is 0 Å². The van der Waals surface area contributed by atoms with Crippen molar-refractivity contribution in [3.63, 3.8) is 0 Å². The Morgan fingerprint density at radius 2 is 1.67 bits per heavy atom. The number of methoxy groups -OCH3 is 2. The lowest BCUT2D eigenvalue weighted by atomic mass is 10.1. The first-order valence-corrected chi connectivity index (χ1v) is 11.3. The molecule has 0 saturated heterocycles. The first-order valence-electron chi connectivity index (χ1n) is 10.4. The van der Waals surface area contributed by atoms with Gasteiger partial charge < -0.3 is 9.47 Å². The molecule has 1 heterocycles. The maximum Gasteiger partial charge on any atom is 0.266 e. The number of hydrogen-bond donors (Lipinski definition) is 0. The zero-order valence-electron chi connectivity index (χ0n) is 18.9. The Balaban J connectivity index is 1.83. The van der Waals surface area contributed by atoms with Crippen LogP contribution >= 0.6 is 11.8 Å². The summed E-state index contributed by atoms with van der Waals surface area (Å²) < 4.78 is 12.3. The van der Waals surface area contributed by atoms with Crippen LogP contribution in [0.2, 0.25) is 0 Å². The predicted octanol–water partition coefficient (Wildman–Crippen LogP) is 5.07. The van der Waals surface area contributed by atoms with Crippen molar-refractivity contribution >= 4 is 28.4 Å². The van der Waals surface area contributed by atoms with Crippen molar-refractivity contribution in [3.05, 3.63) is 88.2 Å². The Labute approximate surface area is 196 Å². The minimum atomic E-state index is -0.452. The third-order valence-corrected chi connectivity index (χ3v) is 6.41. The molecular formula is C26H24N2O4S. The summed E-state index contributed by atoms with van der Waals surface area (Å²) >= 11 is 1.25. The van der Waals surface area contributed by atoms with E-state index < -0.39 is 5.25 Å². The number of carbonyl (C=O) groups is 1. The number of fused-ring (bicyclic) bond motifs is 1. The highest BCUT2D eigenvalue weighted by atomic mass is 32.2. The summed E-state index contributed by atoms with van der Waals surface area (Å²) in [6.07, 6.45) is 0. The lowest BCUT2D eigenvalue weighted by Gasteiger charge is -2.17. The van der Waals surface area contributed by atoms with E-state index in [0.29, 0.717) is 38.8 Å². The van der Waals surface area contributed by atoms with Crippen molar-refractivity contribution in [2.24, 2.45) is 0 Å². The summed E-state index contributed by atoms with van der Waals surface area (Å²) in [6, 6.07) is 19.9. The van der Waals surface area contributed by atoms with E-state index in [1.54, 1.807) is 50.6 Å². The molecule has 0 N–H and O–H groups in total. The second-order valence-corrected chi connectivity index (χ2v) is 8.89. The van der Waals surface area contributed by atoms with Gasteiger partial charge in [0.15, 0.2) is 22.4 Å². The zero-order chi connectivity index (χ0) is 23.5. The van der Waals surface area contributed by atoms with Crippen LogP contribution in [0.3, 0.4) is 0 Å². The average molecular weight is 461 g/mol. The minimum absolute atomic E-state index is 0.0266. The molecule has 0 saturated carbocycles. The van der Waals surface area contributed by atoms with Gasteiger partial charge in [-0.25, -0.2) is 4.98 Å². The van der Waals surface area contributed by atoms with E-state index in [2.05, 4.69) is 0 Å². The molecule has 0 aliphatic heterocycles. The van der Waals surface area contributed by atoms with Gasteiger partial charge in [-0.2, -0.15) is 0 Å². The molecule has 0 aliphatic rings. The third-order valence-electron chi connectivity index (χ3n) is 5.36. The van der Waals surface area contributed by atoms with Gasteiger partial charge in [-0.1, -0.05) is 53.7 Å². The van der Waals surface area contributed by atoms with Gasteiger partial charge in [0, 0.05) is 11.6 Å². The number of ether oxygens (including phenoxy) is 2. The summed E-state index contributed by atoms with van der Waals surface area (Å²) in [7, 11) is 3.10. The molecule has 0 aliphatic carbocycles. The smallest absolute Gasteiger partial charge is 0.266 e. The largest absolute Gasteiger partial charge is 0.493 e. The van der Waals surface area contributed by atoms with Crippen LogP contribution in [0, 0.1) is 6.92 Å². The molecule has 0 radical (unpaired) electrons. The highest BCUT2D eigenvalue weighted by Crippen LogP contribution is 2.32. The Morgan fingerprint density at radius 1 is 0.970 bits per heavy atom. The zero-order valence-corrected chi connectivity index (χ0v) is 19.7. The van der Waals surface area contributed by atoms with Gasteiger partial charge in [-0.05, 0) is 38.1 Å². The number of nitrogens with zero attached hydrogens (tertiary/aromatic N) is 2. The molecule has 1 aromatic heterocycles. The van der Waals surface area contributed by atoms with Crippen LogP contribution in [-0.4, -0.2) is 34.8 Å². The van der Waals surface area contributed by atoms with E-state index in [-0.39, 0.29) is 11.3 Å². The van der Waals surface area contributed by atoms with Gasteiger partial charge >= 0.3 is 0 Å². The van der Waals surface area contributed by atoms with E-state index in [0.717, 1.165) is 5.56 Å². The number of carbonyl (C=O) groups excluding carboxylic acids is 1. The lowest BCUT2D eigenvalue weighted by Crippen LogP contribution is -2.23. The van der Waals surface area contributed by atoms with Crippen molar-refractivity contribution < 1.29 is 14.3 Å². The molecule has 0 unspecified atom stereocenters.